The number of hydrogen-bond acceptors (Lipinski definition) is 5. The zero-order chi connectivity index (χ0) is 16.1. The number of nitrogens with one attached hydrogen (secondary N) is 2. The van der Waals surface area contributed by atoms with E-state index in [9.17, 15) is 4.79 Å². The summed E-state index contributed by atoms with van der Waals surface area (Å²) in [5.74, 6) is 2.42. The number of morpholine rings is 1. The molecule has 2 aliphatic heterocycles. The van der Waals surface area contributed by atoms with Crippen molar-refractivity contribution in [2.75, 3.05) is 44.4 Å². The van der Waals surface area contributed by atoms with Gasteiger partial charge in [-0.15, -0.1) is 0 Å². The molecule has 0 radical (unpaired) electrons. The lowest BCUT2D eigenvalue weighted by Gasteiger charge is -2.47. The molecule has 3 aliphatic rings. The minimum atomic E-state index is 0.147. The molecule has 23 heavy (non-hydrogen) atoms. The van der Waals surface area contributed by atoms with Crippen LogP contribution in [0.25, 0.3) is 0 Å². The van der Waals surface area contributed by atoms with E-state index in [0.29, 0.717) is 12.5 Å². The van der Waals surface area contributed by atoms with Crippen molar-refractivity contribution >= 4 is 17.7 Å². The topological polar surface area (TPSA) is 53.6 Å². The molecule has 0 bridgehead atoms. The van der Waals surface area contributed by atoms with Gasteiger partial charge in [-0.05, 0) is 19.8 Å². The molecule has 2 unspecified atom stereocenters. The van der Waals surface area contributed by atoms with Crippen molar-refractivity contribution < 1.29 is 9.53 Å². The Morgan fingerprint density at radius 3 is 2.78 bits per heavy atom. The van der Waals surface area contributed by atoms with Gasteiger partial charge in [-0.1, -0.05) is 12.8 Å². The smallest absolute Gasteiger partial charge is 0.221 e. The summed E-state index contributed by atoms with van der Waals surface area (Å²) < 4.78 is 5.53. The minimum absolute atomic E-state index is 0.147. The van der Waals surface area contributed by atoms with E-state index < -0.39 is 0 Å². The first-order chi connectivity index (χ1) is 11.2. The Kier molecular flexibility index (Phi) is 6.24. The second-order valence-electron chi connectivity index (χ2n) is 7.13. The van der Waals surface area contributed by atoms with Gasteiger partial charge in [-0.2, -0.15) is 11.8 Å². The summed E-state index contributed by atoms with van der Waals surface area (Å²) in [7, 11) is 0. The van der Waals surface area contributed by atoms with Crippen molar-refractivity contribution in [3.8, 4) is 0 Å². The Morgan fingerprint density at radius 1 is 1.39 bits per heavy atom. The van der Waals surface area contributed by atoms with Crippen molar-refractivity contribution in [1.82, 2.24) is 15.5 Å². The van der Waals surface area contributed by atoms with Gasteiger partial charge in [0.25, 0.3) is 0 Å². The van der Waals surface area contributed by atoms with Crippen LogP contribution in [0.15, 0.2) is 0 Å². The van der Waals surface area contributed by atoms with Gasteiger partial charge in [-0.3, -0.25) is 9.69 Å². The zero-order valence-electron chi connectivity index (χ0n) is 14.3. The van der Waals surface area contributed by atoms with Crippen molar-refractivity contribution in [3.63, 3.8) is 0 Å². The van der Waals surface area contributed by atoms with Crippen LogP contribution in [0.3, 0.4) is 0 Å². The highest BCUT2D eigenvalue weighted by atomic mass is 32.2. The number of nitrogens with zero attached hydrogens (tertiary/aromatic N) is 1. The maximum Gasteiger partial charge on any atom is 0.221 e. The highest BCUT2D eigenvalue weighted by Crippen LogP contribution is 2.38. The van der Waals surface area contributed by atoms with Gasteiger partial charge in [0.05, 0.1) is 13.2 Å². The average molecular weight is 342 g/mol. The van der Waals surface area contributed by atoms with E-state index in [2.05, 4.69) is 22.5 Å². The van der Waals surface area contributed by atoms with E-state index in [4.69, 9.17) is 4.74 Å². The van der Waals surface area contributed by atoms with Crippen LogP contribution in [0.1, 0.15) is 39.0 Å². The number of carbonyl (C=O) groups is 1. The van der Waals surface area contributed by atoms with Gasteiger partial charge >= 0.3 is 0 Å². The van der Waals surface area contributed by atoms with Crippen molar-refractivity contribution in [2.24, 2.45) is 0 Å². The van der Waals surface area contributed by atoms with Crippen LogP contribution in [0.5, 0.6) is 0 Å². The summed E-state index contributed by atoms with van der Waals surface area (Å²) in [6.07, 6.45) is 5.56. The van der Waals surface area contributed by atoms with Gasteiger partial charge in [0.15, 0.2) is 0 Å². The van der Waals surface area contributed by atoms with Crippen LogP contribution in [0.2, 0.25) is 0 Å². The largest absolute Gasteiger partial charge is 0.379 e. The van der Waals surface area contributed by atoms with Crippen LogP contribution >= 0.6 is 11.8 Å². The molecule has 0 aromatic rings. The molecule has 0 aromatic heterocycles. The molecule has 2 saturated heterocycles. The molecule has 0 spiro atoms. The lowest BCUT2D eigenvalue weighted by Crippen LogP contribution is -2.62. The molecule has 3 fully saturated rings. The van der Waals surface area contributed by atoms with E-state index in [0.717, 1.165) is 44.4 Å². The first-order valence-corrected chi connectivity index (χ1v) is 10.3. The highest BCUT2D eigenvalue weighted by Gasteiger charge is 2.45. The molecule has 5 nitrogen and oxygen atoms in total. The molecule has 2 heterocycles. The quantitative estimate of drug-likeness (QED) is 0.788. The number of hydrogen-bond donors (Lipinski definition) is 2. The SMILES string of the molecule is CC(NC(=O)CC1CSCCN1)C1(N2CCOCC2)CCCC1. The van der Waals surface area contributed by atoms with Gasteiger partial charge in [0.2, 0.25) is 5.91 Å². The summed E-state index contributed by atoms with van der Waals surface area (Å²) in [5.41, 5.74) is 0.147. The van der Waals surface area contributed by atoms with E-state index in [1.54, 1.807) is 0 Å². The lowest BCUT2D eigenvalue weighted by atomic mass is 9.86. The van der Waals surface area contributed by atoms with Crippen LogP contribution in [-0.4, -0.2) is 72.8 Å². The first kappa shape index (κ1) is 17.5. The molecule has 132 valence electrons. The van der Waals surface area contributed by atoms with Crippen molar-refractivity contribution in [2.45, 2.75) is 56.7 Å². The average Bonchev–Trinajstić information content (AvgIpc) is 3.07. The molecule has 6 heteroatoms. The molecule has 2 N–H and O–H groups in total. The van der Waals surface area contributed by atoms with Gasteiger partial charge in [0.1, 0.15) is 0 Å². The molecule has 2 atom stereocenters. The standard InChI is InChI=1S/C17H31N3O2S/c1-14(19-16(21)12-15-13-23-11-6-18-15)17(4-2-3-5-17)20-7-9-22-10-8-20/h14-15,18H,2-13H2,1H3,(H,19,21). The zero-order valence-corrected chi connectivity index (χ0v) is 15.1. The Morgan fingerprint density at radius 2 is 2.13 bits per heavy atom. The van der Waals surface area contributed by atoms with Crippen molar-refractivity contribution in [3.05, 3.63) is 0 Å². The van der Waals surface area contributed by atoms with Crippen molar-refractivity contribution in [1.29, 1.82) is 0 Å². The maximum absolute atomic E-state index is 12.5. The Hall–Kier alpha value is -0.300. The fourth-order valence-electron chi connectivity index (χ4n) is 4.43. The van der Waals surface area contributed by atoms with Gasteiger partial charge in [-0.25, -0.2) is 0 Å². The third-order valence-electron chi connectivity index (χ3n) is 5.72. The fourth-order valence-corrected chi connectivity index (χ4v) is 5.38. The molecule has 1 amide bonds. The molecule has 1 aliphatic carbocycles. The summed E-state index contributed by atoms with van der Waals surface area (Å²) in [5, 5.41) is 6.79. The molecular formula is C17H31N3O2S. The highest BCUT2D eigenvalue weighted by molar-refractivity contribution is 7.99. The third kappa shape index (κ3) is 4.21. The van der Waals surface area contributed by atoms with Crippen LogP contribution in [0.4, 0.5) is 0 Å². The lowest BCUT2D eigenvalue weighted by molar-refractivity contribution is -0.123. The van der Waals surface area contributed by atoms with Gasteiger partial charge in [0, 0.05) is 55.2 Å². The summed E-state index contributed by atoms with van der Waals surface area (Å²) in [6.45, 7) is 6.89. The number of ether oxygens (including phenoxy) is 1. The number of rotatable bonds is 5. The predicted octanol–water partition coefficient (Wildman–Crippen LogP) is 1.23. The van der Waals surface area contributed by atoms with Crippen LogP contribution in [-0.2, 0) is 9.53 Å². The molecule has 3 rings (SSSR count). The fraction of sp³-hybridized carbons (Fsp3) is 0.941. The Labute approximate surface area is 144 Å². The van der Waals surface area contributed by atoms with Gasteiger partial charge < -0.3 is 15.4 Å². The second kappa shape index (κ2) is 8.19. The number of carbonyl (C=O) groups excluding carboxylic acids is 1. The predicted molar refractivity (Wildman–Crippen MR) is 94.9 cm³/mol. The van der Waals surface area contributed by atoms with E-state index in [1.807, 2.05) is 11.8 Å². The van der Waals surface area contributed by atoms with E-state index >= 15 is 0 Å². The molecule has 0 aromatic carbocycles. The minimum Gasteiger partial charge on any atom is -0.379 e. The van der Waals surface area contributed by atoms with E-state index in [1.165, 1.54) is 25.7 Å². The molecular weight excluding hydrogens is 310 g/mol. The Balaban J connectivity index is 1.57. The monoisotopic (exact) mass is 341 g/mol. The number of thioether (sulfide) groups is 1. The summed E-state index contributed by atoms with van der Waals surface area (Å²) >= 11 is 1.95. The number of amides is 1. The first-order valence-electron chi connectivity index (χ1n) is 9.14. The van der Waals surface area contributed by atoms with Crippen LogP contribution in [0, 0.1) is 0 Å². The van der Waals surface area contributed by atoms with E-state index in [-0.39, 0.29) is 17.5 Å². The summed E-state index contributed by atoms with van der Waals surface area (Å²) in [6, 6.07) is 0.552. The van der Waals surface area contributed by atoms with Crippen LogP contribution < -0.4 is 10.6 Å². The Bertz CT molecular complexity index is 389. The third-order valence-corrected chi connectivity index (χ3v) is 6.85. The maximum atomic E-state index is 12.5. The molecule has 1 saturated carbocycles. The normalized spacial score (nSPS) is 30.0. The summed E-state index contributed by atoms with van der Waals surface area (Å²) in [4.78, 5) is 15.1. The second-order valence-corrected chi connectivity index (χ2v) is 8.28.